The fourth-order valence-electron chi connectivity index (χ4n) is 3.54. The van der Waals surface area contributed by atoms with Crippen molar-refractivity contribution in [3.63, 3.8) is 0 Å². The first-order valence-corrected chi connectivity index (χ1v) is 9.37. The van der Waals surface area contributed by atoms with E-state index in [1.807, 2.05) is 43.6 Å². The van der Waals surface area contributed by atoms with Gasteiger partial charge in [0.05, 0.1) is 11.8 Å². The first-order chi connectivity index (χ1) is 13.1. The molecule has 5 nitrogen and oxygen atoms in total. The zero-order valence-corrected chi connectivity index (χ0v) is 15.4. The summed E-state index contributed by atoms with van der Waals surface area (Å²) in [7, 11) is 0. The van der Waals surface area contributed by atoms with Crippen molar-refractivity contribution < 1.29 is 14.2 Å². The number of benzene rings is 1. The van der Waals surface area contributed by atoms with Crippen molar-refractivity contribution in [2.45, 2.75) is 25.9 Å². The van der Waals surface area contributed by atoms with Gasteiger partial charge < -0.3 is 14.2 Å². The predicted molar refractivity (Wildman–Crippen MR) is 102 cm³/mol. The minimum atomic E-state index is -0.334. The van der Waals surface area contributed by atoms with Gasteiger partial charge in [0.25, 0.3) is 0 Å². The van der Waals surface area contributed by atoms with Crippen LogP contribution in [0, 0.1) is 12.7 Å². The number of likely N-dealkylation sites (tertiary alicyclic amines) is 1. The maximum Gasteiger partial charge on any atom is 0.173 e. The van der Waals surface area contributed by atoms with Crippen molar-refractivity contribution in [2.24, 2.45) is 0 Å². The van der Waals surface area contributed by atoms with Crippen molar-refractivity contribution >= 4 is 5.65 Å². The first kappa shape index (κ1) is 17.9. The number of piperidine rings is 1. The molecule has 0 bridgehead atoms. The number of aliphatic hydroxyl groups excluding tert-OH is 1. The first-order valence-electron chi connectivity index (χ1n) is 9.37. The second-order valence-corrected chi connectivity index (χ2v) is 7.14. The van der Waals surface area contributed by atoms with Crippen molar-refractivity contribution in [3.8, 4) is 16.9 Å². The molecule has 0 amide bonds. The maximum absolute atomic E-state index is 14.3. The lowest BCUT2D eigenvalue weighted by molar-refractivity contribution is 0.0755. The quantitative estimate of drug-likeness (QED) is 0.750. The van der Waals surface area contributed by atoms with E-state index in [9.17, 15) is 9.50 Å². The van der Waals surface area contributed by atoms with E-state index in [1.165, 1.54) is 6.07 Å². The van der Waals surface area contributed by atoms with Gasteiger partial charge in [0, 0.05) is 37.6 Å². The Morgan fingerprint density at radius 2 is 2.00 bits per heavy atom. The lowest BCUT2D eigenvalue weighted by Crippen LogP contribution is -2.38. The van der Waals surface area contributed by atoms with Crippen LogP contribution >= 0.6 is 0 Å². The van der Waals surface area contributed by atoms with Crippen LogP contribution in [-0.4, -0.2) is 51.7 Å². The summed E-state index contributed by atoms with van der Waals surface area (Å²) in [6.07, 6.45) is 5.21. The molecule has 0 unspecified atom stereocenters. The molecule has 27 heavy (non-hydrogen) atoms. The third-order valence-corrected chi connectivity index (χ3v) is 5.03. The lowest BCUT2D eigenvalue weighted by atomic mass is 10.1. The zero-order chi connectivity index (χ0) is 18.8. The minimum Gasteiger partial charge on any atom is -0.492 e. The van der Waals surface area contributed by atoms with Crippen LogP contribution in [0.2, 0.25) is 0 Å². The largest absolute Gasteiger partial charge is 0.492 e. The molecule has 0 saturated carbocycles. The van der Waals surface area contributed by atoms with Crippen molar-refractivity contribution in [1.29, 1.82) is 0 Å². The Morgan fingerprint density at radius 3 is 2.81 bits per heavy atom. The summed E-state index contributed by atoms with van der Waals surface area (Å²) in [6.45, 7) is 5.10. The Bertz CT molecular complexity index is 932. The molecule has 0 aliphatic carbocycles. The number of aromatic nitrogens is 2. The van der Waals surface area contributed by atoms with Gasteiger partial charge in [-0.15, -0.1) is 0 Å². The van der Waals surface area contributed by atoms with Gasteiger partial charge in [0.2, 0.25) is 0 Å². The molecule has 1 saturated heterocycles. The number of hydrogen-bond acceptors (Lipinski definition) is 4. The number of halogens is 1. The molecule has 1 aliphatic heterocycles. The highest BCUT2D eigenvalue weighted by Gasteiger charge is 2.16. The Morgan fingerprint density at radius 1 is 1.19 bits per heavy atom. The highest BCUT2D eigenvalue weighted by atomic mass is 19.1. The summed E-state index contributed by atoms with van der Waals surface area (Å²) in [5, 5.41) is 9.57. The van der Waals surface area contributed by atoms with Gasteiger partial charge in [-0.1, -0.05) is 12.1 Å². The molecule has 4 rings (SSSR count). The average Bonchev–Trinajstić information content (AvgIpc) is 3.05. The fraction of sp³-hybridized carbons (Fsp3) is 0.381. The van der Waals surface area contributed by atoms with Crippen LogP contribution in [0.15, 0.2) is 42.7 Å². The number of aryl methyl sites for hydroxylation is 1. The molecule has 1 aliphatic rings. The van der Waals surface area contributed by atoms with E-state index in [0.29, 0.717) is 12.3 Å². The number of rotatable bonds is 5. The van der Waals surface area contributed by atoms with Crippen LogP contribution in [-0.2, 0) is 0 Å². The van der Waals surface area contributed by atoms with Crippen LogP contribution in [0.25, 0.3) is 16.8 Å². The number of hydrogen-bond donors (Lipinski definition) is 1. The summed E-state index contributed by atoms with van der Waals surface area (Å²) in [6, 6.07) is 9.23. The van der Waals surface area contributed by atoms with Gasteiger partial charge in [-0.2, -0.15) is 0 Å². The molecule has 0 spiro atoms. The summed E-state index contributed by atoms with van der Waals surface area (Å²) in [4.78, 5) is 6.50. The monoisotopic (exact) mass is 369 g/mol. The summed E-state index contributed by atoms with van der Waals surface area (Å²) < 4.78 is 22.0. The smallest absolute Gasteiger partial charge is 0.173 e. The molecule has 3 aromatic rings. The lowest BCUT2D eigenvalue weighted by Gasteiger charge is -2.29. The highest BCUT2D eigenvalue weighted by molar-refractivity contribution is 5.66. The van der Waals surface area contributed by atoms with Gasteiger partial charge in [0.1, 0.15) is 12.4 Å². The molecule has 6 heteroatoms. The molecule has 3 heterocycles. The molecule has 1 aromatic carbocycles. The highest BCUT2D eigenvalue weighted by Crippen LogP contribution is 2.26. The van der Waals surface area contributed by atoms with E-state index in [2.05, 4.69) is 9.88 Å². The van der Waals surface area contributed by atoms with Crippen LogP contribution in [0.1, 0.15) is 18.5 Å². The van der Waals surface area contributed by atoms with E-state index in [4.69, 9.17) is 4.74 Å². The third kappa shape index (κ3) is 4.12. The SMILES string of the molecule is Cc1cn2cc(-c3cccc(OCCN4CCC(O)CC4)c3)cc(F)c2n1. The number of ether oxygens (including phenoxy) is 1. The normalized spacial score (nSPS) is 16.1. The molecule has 0 atom stereocenters. The molecular weight excluding hydrogens is 345 g/mol. The number of aliphatic hydroxyl groups is 1. The molecule has 0 radical (unpaired) electrons. The number of pyridine rings is 1. The second-order valence-electron chi connectivity index (χ2n) is 7.14. The van der Waals surface area contributed by atoms with Crippen LogP contribution in [0.4, 0.5) is 4.39 Å². The molecule has 2 aromatic heterocycles. The summed E-state index contributed by atoms with van der Waals surface area (Å²) >= 11 is 0. The Balaban J connectivity index is 1.44. The van der Waals surface area contributed by atoms with Crippen molar-refractivity contribution in [1.82, 2.24) is 14.3 Å². The summed E-state index contributed by atoms with van der Waals surface area (Å²) in [5.74, 6) is 0.436. The zero-order valence-electron chi connectivity index (χ0n) is 15.4. The van der Waals surface area contributed by atoms with Crippen LogP contribution < -0.4 is 4.74 Å². The fourth-order valence-corrected chi connectivity index (χ4v) is 3.54. The molecular formula is C21H24FN3O2. The van der Waals surface area contributed by atoms with Crippen LogP contribution in [0.3, 0.4) is 0 Å². The number of imidazole rings is 1. The predicted octanol–water partition coefficient (Wildman–Crippen LogP) is 3.28. The van der Waals surface area contributed by atoms with E-state index in [0.717, 1.165) is 55.0 Å². The van der Waals surface area contributed by atoms with E-state index < -0.39 is 0 Å². The van der Waals surface area contributed by atoms with E-state index in [-0.39, 0.29) is 11.9 Å². The average molecular weight is 369 g/mol. The maximum atomic E-state index is 14.3. The minimum absolute atomic E-state index is 0.157. The van der Waals surface area contributed by atoms with Crippen LogP contribution in [0.5, 0.6) is 5.75 Å². The van der Waals surface area contributed by atoms with Crippen molar-refractivity contribution in [3.05, 3.63) is 54.2 Å². The number of nitrogens with zero attached hydrogens (tertiary/aromatic N) is 3. The molecule has 1 N–H and O–H groups in total. The molecule has 1 fully saturated rings. The standard InChI is InChI=1S/C21H24FN3O2/c1-15-13-25-14-17(12-20(22)21(25)23-15)16-3-2-4-19(11-16)27-10-9-24-7-5-18(26)6-8-24/h2-4,11-14,18,26H,5-10H2,1H3. The van der Waals surface area contributed by atoms with Gasteiger partial charge in [-0.3, -0.25) is 4.90 Å². The van der Waals surface area contributed by atoms with Gasteiger partial charge in [-0.25, -0.2) is 9.37 Å². The van der Waals surface area contributed by atoms with E-state index in [1.54, 1.807) is 4.40 Å². The summed E-state index contributed by atoms with van der Waals surface area (Å²) in [5.41, 5.74) is 2.82. The number of fused-ring (bicyclic) bond motifs is 1. The van der Waals surface area contributed by atoms with Gasteiger partial charge >= 0.3 is 0 Å². The third-order valence-electron chi connectivity index (χ3n) is 5.03. The van der Waals surface area contributed by atoms with Crippen molar-refractivity contribution in [2.75, 3.05) is 26.2 Å². The second kappa shape index (κ2) is 7.66. The Kier molecular flexibility index (Phi) is 5.09. The Hall–Kier alpha value is -2.44. The van der Waals surface area contributed by atoms with E-state index >= 15 is 0 Å². The van der Waals surface area contributed by atoms with Gasteiger partial charge in [-0.05, 0) is 43.5 Å². The Labute approximate surface area is 158 Å². The topological polar surface area (TPSA) is 50.0 Å². The van der Waals surface area contributed by atoms with Gasteiger partial charge in [0.15, 0.2) is 11.5 Å². The molecule has 142 valence electrons.